The zero-order chi connectivity index (χ0) is 25.8. The van der Waals surface area contributed by atoms with E-state index in [4.69, 9.17) is 15.1 Å². The van der Waals surface area contributed by atoms with Gasteiger partial charge in [-0.3, -0.25) is 14.3 Å². The third-order valence-electron chi connectivity index (χ3n) is 7.01. The molecule has 4 aromatic rings. The maximum atomic E-state index is 13.3. The molecule has 1 aliphatic heterocycles. The normalized spacial score (nSPS) is 14.2. The average Bonchev–Trinajstić information content (AvgIpc) is 3.46. The van der Waals surface area contributed by atoms with E-state index in [0.29, 0.717) is 49.5 Å². The van der Waals surface area contributed by atoms with Crippen LogP contribution in [-0.2, 0) is 11.2 Å². The number of benzene rings is 2. The van der Waals surface area contributed by atoms with Crippen molar-refractivity contribution in [1.82, 2.24) is 24.6 Å². The molecule has 3 heterocycles. The predicted molar refractivity (Wildman–Crippen MR) is 141 cm³/mol. The summed E-state index contributed by atoms with van der Waals surface area (Å²) in [6.07, 6.45) is 7.56. The Labute approximate surface area is 216 Å². The van der Waals surface area contributed by atoms with Gasteiger partial charge in [-0.2, -0.15) is 5.10 Å². The summed E-state index contributed by atoms with van der Waals surface area (Å²) in [7, 11) is 0. The first-order chi connectivity index (χ1) is 18.0. The number of carbonyl (C=O) groups is 2. The van der Waals surface area contributed by atoms with Gasteiger partial charge in [0.25, 0.3) is 5.91 Å². The van der Waals surface area contributed by atoms with Gasteiger partial charge in [-0.15, -0.1) is 0 Å². The first-order valence-corrected chi connectivity index (χ1v) is 12.9. The van der Waals surface area contributed by atoms with E-state index >= 15 is 0 Å². The molecule has 1 saturated heterocycles. The fourth-order valence-corrected chi connectivity index (χ4v) is 4.92. The van der Waals surface area contributed by atoms with Crippen molar-refractivity contribution >= 4 is 22.9 Å². The summed E-state index contributed by atoms with van der Waals surface area (Å²) in [5.74, 6) is -0.784. The van der Waals surface area contributed by atoms with Crippen LogP contribution in [0.25, 0.3) is 22.3 Å². The lowest BCUT2D eigenvalue weighted by Gasteiger charge is -2.32. The Morgan fingerprint density at radius 1 is 1.00 bits per heavy atom. The molecule has 1 fully saturated rings. The quantitative estimate of drug-likeness (QED) is 0.341. The van der Waals surface area contributed by atoms with Crippen LogP contribution in [0, 0.1) is 6.92 Å². The first kappa shape index (κ1) is 24.6. The molecule has 1 aliphatic rings. The number of unbranched alkanes of at least 4 members (excludes halogenated alkanes) is 1. The Hall–Kier alpha value is -4.07. The molecular formula is C29H31N5O3. The lowest BCUT2D eigenvalue weighted by atomic mass is 10.0. The SMILES string of the molecule is Cc1ccc(-c2nc3ccc(C(=O)N4CCC(n5cccn5)CC4)cc3nc2CCCCC(=O)O)cc1. The Morgan fingerprint density at radius 3 is 2.49 bits per heavy atom. The predicted octanol–water partition coefficient (Wildman–Crippen LogP) is 5.08. The van der Waals surface area contributed by atoms with Gasteiger partial charge in [0.2, 0.25) is 0 Å². The molecule has 0 spiro atoms. The third-order valence-corrected chi connectivity index (χ3v) is 7.01. The Kier molecular flexibility index (Phi) is 7.25. The van der Waals surface area contributed by atoms with E-state index in [-0.39, 0.29) is 12.3 Å². The second kappa shape index (κ2) is 10.9. The van der Waals surface area contributed by atoms with Gasteiger partial charge in [0.15, 0.2) is 0 Å². The second-order valence-electron chi connectivity index (χ2n) is 9.70. The topological polar surface area (TPSA) is 101 Å². The highest BCUT2D eigenvalue weighted by molar-refractivity contribution is 5.97. The number of piperidine rings is 1. The van der Waals surface area contributed by atoms with E-state index in [9.17, 15) is 9.59 Å². The summed E-state index contributed by atoms with van der Waals surface area (Å²) >= 11 is 0. The number of rotatable bonds is 8. The largest absolute Gasteiger partial charge is 0.481 e. The van der Waals surface area contributed by atoms with Gasteiger partial charge >= 0.3 is 5.97 Å². The molecule has 8 nitrogen and oxygen atoms in total. The molecule has 1 N–H and O–H groups in total. The molecular weight excluding hydrogens is 466 g/mol. The molecule has 0 atom stereocenters. The third kappa shape index (κ3) is 5.69. The van der Waals surface area contributed by atoms with Crippen LogP contribution >= 0.6 is 0 Å². The molecule has 2 aromatic carbocycles. The van der Waals surface area contributed by atoms with Gasteiger partial charge in [0.1, 0.15) is 0 Å². The maximum Gasteiger partial charge on any atom is 0.303 e. The molecule has 5 rings (SSSR count). The van der Waals surface area contributed by atoms with Crippen molar-refractivity contribution in [1.29, 1.82) is 0 Å². The van der Waals surface area contributed by atoms with Crippen LogP contribution in [0.15, 0.2) is 60.9 Å². The van der Waals surface area contributed by atoms with Crippen LogP contribution in [-0.4, -0.2) is 54.7 Å². The summed E-state index contributed by atoms with van der Waals surface area (Å²) in [6.45, 7) is 3.42. The Balaban J connectivity index is 1.38. The number of hydrogen-bond acceptors (Lipinski definition) is 5. The highest BCUT2D eigenvalue weighted by Gasteiger charge is 2.25. The molecule has 0 saturated carbocycles. The zero-order valence-electron chi connectivity index (χ0n) is 21.0. The number of carbonyl (C=O) groups excluding carboxylic acids is 1. The minimum atomic E-state index is -0.792. The molecule has 2 aromatic heterocycles. The molecule has 0 unspecified atom stereocenters. The van der Waals surface area contributed by atoms with Crippen LogP contribution in [0.1, 0.15) is 59.8 Å². The molecule has 0 bridgehead atoms. The van der Waals surface area contributed by atoms with Crippen LogP contribution in [0.5, 0.6) is 0 Å². The molecule has 8 heteroatoms. The summed E-state index contributed by atoms with van der Waals surface area (Å²) in [5.41, 5.74) is 5.80. The highest BCUT2D eigenvalue weighted by atomic mass is 16.4. The van der Waals surface area contributed by atoms with Gasteiger partial charge in [-0.05, 0) is 63.3 Å². The number of likely N-dealkylation sites (tertiary alicyclic amines) is 1. The number of aromatic nitrogens is 4. The number of hydrogen-bond donors (Lipinski definition) is 1. The number of amides is 1. The first-order valence-electron chi connectivity index (χ1n) is 12.9. The Bertz CT molecular complexity index is 1390. The zero-order valence-corrected chi connectivity index (χ0v) is 21.0. The van der Waals surface area contributed by atoms with Gasteiger partial charge in [0, 0.05) is 43.0 Å². The minimum absolute atomic E-state index is 0.00762. The van der Waals surface area contributed by atoms with Crippen molar-refractivity contribution in [2.45, 2.75) is 51.5 Å². The van der Waals surface area contributed by atoms with Crippen LogP contribution in [0.4, 0.5) is 0 Å². The average molecular weight is 498 g/mol. The number of aryl methyl sites for hydroxylation is 2. The summed E-state index contributed by atoms with van der Waals surface area (Å²) in [5, 5.41) is 13.3. The van der Waals surface area contributed by atoms with E-state index in [2.05, 4.69) is 5.10 Å². The summed E-state index contributed by atoms with van der Waals surface area (Å²) in [6, 6.07) is 16.0. The monoisotopic (exact) mass is 497 g/mol. The van der Waals surface area contributed by atoms with Crippen molar-refractivity contribution in [3.63, 3.8) is 0 Å². The summed E-state index contributed by atoms with van der Waals surface area (Å²) in [4.78, 5) is 36.0. The highest BCUT2D eigenvalue weighted by Crippen LogP contribution is 2.27. The fraction of sp³-hybridized carbons (Fsp3) is 0.345. The second-order valence-corrected chi connectivity index (χ2v) is 9.70. The van der Waals surface area contributed by atoms with Gasteiger partial charge in [-0.1, -0.05) is 29.8 Å². The van der Waals surface area contributed by atoms with E-state index in [1.165, 1.54) is 0 Å². The van der Waals surface area contributed by atoms with Gasteiger partial charge in [0.05, 0.1) is 28.5 Å². The van der Waals surface area contributed by atoms with Gasteiger partial charge < -0.3 is 10.0 Å². The van der Waals surface area contributed by atoms with Crippen LogP contribution in [0.3, 0.4) is 0 Å². The lowest BCUT2D eigenvalue weighted by molar-refractivity contribution is -0.137. The molecule has 190 valence electrons. The molecule has 37 heavy (non-hydrogen) atoms. The van der Waals surface area contributed by atoms with E-state index in [0.717, 1.165) is 40.9 Å². The lowest BCUT2D eigenvalue weighted by Crippen LogP contribution is -2.39. The minimum Gasteiger partial charge on any atom is -0.481 e. The number of nitrogens with zero attached hydrogens (tertiary/aromatic N) is 5. The molecule has 1 amide bonds. The van der Waals surface area contributed by atoms with Crippen LogP contribution < -0.4 is 0 Å². The summed E-state index contributed by atoms with van der Waals surface area (Å²) < 4.78 is 1.98. The van der Waals surface area contributed by atoms with E-state index < -0.39 is 5.97 Å². The smallest absolute Gasteiger partial charge is 0.303 e. The van der Waals surface area contributed by atoms with Crippen molar-refractivity contribution in [3.05, 3.63) is 77.7 Å². The standard InChI is InChI=1S/C29H31N5O3/c1-20-7-9-21(10-8-20)28-25(5-2-3-6-27(35)36)31-26-19-22(11-12-24(26)32-28)29(37)33-17-13-23(14-18-33)34-16-4-15-30-34/h4,7-12,15-16,19,23H,2-3,5-6,13-14,17-18H2,1H3,(H,35,36). The van der Waals surface area contributed by atoms with E-state index in [1.807, 2.05) is 71.2 Å². The Morgan fingerprint density at radius 2 is 1.78 bits per heavy atom. The number of aliphatic carboxylic acids is 1. The van der Waals surface area contributed by atoms with Crippen LogP contribution in [0.2, 0.25) is 0 Å². The molecule has 0 radical (unpaired) electrons. The fourth-order valence-electron chi connectivity index (χ4n) is 4.92. The van der Waals surface area contributed by atoms with Gasteiger partial charge in [-0.25, -0.2) is 9.97 Å². The number of carboxylic acid groups (broad SMARTS) is 1. The maximum absolute atomic E-state index is 13.3. The number of carboxylic acids is 1. The van der Waals surface area contributed by atoms with Crippen molar-refractivity contribution < 1.29 is 14.7 Å². The van der Waals surface area contributed by atoms with Crippen molar-refractivity contribution in [2.75, 3.05) is 13.1 Å². The van der Waals surface area contributed by atoms with Crippen molar-refractivity contribution in [2.24, 2.45) is 0 Å². The molecule has 0 aliphatic carbocycles. The van der Waals surface area contributed by atoms with Crippen molar-refractivity contribution in [3.8, 4) is 11.3 Å². The van der Waals surface area contributed by atoms with E-state index in [1.54, 1.807) is 6.20 Å². The number of fused-ring (bicyclic) bond motifs is 1.